The summed E-state index contributed by atoms with van der Waals surface area (Å²) in [6.45, 7) is -0.426. The topological polar surface area (TPSA) is 209 Å². The molecule has 13 nitrogen and oxygen atoms in total. The number of aromatic nitrogens is 4. The predicted molar refractivity (Wildman–Crippen MR) is 86.8 cm³/mol. The number of aliphatic hydroxyl groups is 2. The average Bonchev–Trinajstić information content (AvgIpc) is 3.16. The third-order valence-corrected chi connectivity index (χ3v) is 4.09. The van der Waals surface area contributed by atoms with Crippen LogP contribution in [-0.2, 0) is 19.1 Å². The molecule has 0 radical (unpaired) electrons. The molecule has 0 unspecified atom stereocenters. The first-order valence-corrected chi connectivity index (χ1v) is 7.88. The Bertz CT molecular complexity index is 858. The number of rotatable bonds is 6. The molecule has 1 aliphatic rings. The van der Waals surface area contributed by atoms with Gasteiger partial charge in [-0.05, 0) is 0 Å². The van der Waals surface area contributed by atoms with Crippen molar-refractivity contribution in [2.24, 2.45) is 5.73 Å². The molecule has 0 aromatic carbocycles. The van der Waals surface area contributed by atoms with Crippen LogP contribution in [0.25, 0.3) is 11.2 Å². The van der Waals surface area contributed by atoms with Gasteiger partial charge < -0.3 is 36.3 Å². The highest BCUT2D eigenvalue weighted by molar-refractivity contribution is 5.82. The van der Waals surface area contributed by atoms with Crippen LogP contribution >= 0.6 is 0 Å². The van der Waals surface area contributed by atoms with Crippen molar-refractivity contribution in [2.45, 2.75) is 37.0 Å². The minimum atomic E-state index is -1.38. The van der Waals surface area contributed by atoms with Gasteiger partial charge in [0.2, 0.25) is 0 Å². The molecule has 1 aliphatic heterocycles. The Kier molecular flexibility index (Phi) is 5.18. The van der Waals surface area contributed by atoms with Crippen LogP contribution in [0.4, 0.5) is 5.82 Å². The van der Waals surface area contributed by atoms with Gasteiger partial charge in [0.15, 0.2) is 17.7 Å². The van der Waals surface area contributed by atoms with E-state index < -0.39 is 55.5 Å². The summed E-state index contributed by atoms with van der Waals surface area (Å²) >= 11 is 0. The SMILES string of the molecule is Nc1ncnc2c1ncn2[C@@H]1O[C@H](COC(=O)[C@@H](N)CC(=O)O)[C@H](O)[C@H]1O. The lowest BCUT2D eigenvalue weighted by molar-refractivity contribution is -0.154. The molecule has 2 aromatic rings. The zero-order valence-corrected chi connectivity index (χ0v) is 13.9. The number of esters is 1. The van der Waals surface area contributed by atoms with Crippen LogP contribution in [-0.4, -0.2) is 77.7 Å². The van der Waals surface area contributed by atoms with E-state index in [4.69, 9.17) is 26.0 Å². The summed E-state index contributed by atoms with van der Waals surface area (Å²) in [5, 5.41) is 29.1. The van der Waals surface area contributed by atoms with Crippen LogP contribution in [0.2, 0.25) is 0 Å². The van der Waals surface area contributed by atoms with Crippen LogP contribution < -0.4 is 11.5 Å². The van der Waals surface area contributed by atoms with E-state index in [2.05, 4.69) is 15.0 Å². The van der Waals surface area contributed by atoms with E-state index in [9.17, 15) is 19.8 Å². The van der Waals surface area contributed by atoms with E-state index in [1.807, 2.05) is 0 Å². The van der Waals surface area contributed by atoms with Gasteiger partial charge in [-0.1, -0.05) is 0 Å². The summed E-state index contributed by atoms with van der Waals surface area (Å²) in [5.41, 5.74) is 11.7. The van der Waals surface area contributed by atoms with Crippen molar-refractivity contribution in [3.05, 3.63) is 12.7 Å². The molecule has 0 saturated carbocycles. The first-order chi connectivity index (χ1) is 12.8. The molecule has 146 valence electrons. The fourth-order valence-electron chi connectivity index (χ4n) is 2.70. The number of aliphatic carboxylic acids is 1. The first kappa shape index (κ1) is 18.9. The molecule has 7 N–H and O–H groups in total. The van der Waals surface area contributed by atoms with E-state index in [0.29, 0.717) is 11.2 Å². The van der Waals surface area contributed by atoms with Crippen molar-refractivity contribution in [3.8, 4) is 0 Å². The summed E-state index contributed by atoms with van der Waals surface area (Å²) in [7, 11) is 0. The number of nitrogen functional groups attached to an aromatic ring is 1. The standard InChI is InChI=1S/C14H18N6O7/c15-5(1-7(21)22)14(25)26-2-6-9(23)10(24)13(27-6)20-4-19-8-11(16)17-3-18-12(8)20/h3-6,9-10,13,23-24H,1-2,15H2,(H,21,22)(H2,16,17,18)/t5-,6+,9-,10+,13+/m0/s1. The number of nitrogens with zero attached hydrogens (tertiary/aromatic N) is 4. The number of carbonyl (C=O) groups excluding carboxylic acids is 1. The zero-order valence-electron chi connectivity index (χ0n) is 13.9. The van der Waals surface area contributed by atoms with Crippen molar-refractivity contribution in [1.29, 1.82) is 0 Å². The van der Waals surface area contributed by atoms with Gasteiger partial charge in [-0.2, -0.15) is 0 Å². The molecule has 0 aliphatic carbocycles. The summed E-state index contributed by atoms with van der Waals surface area (Å²) in [6, 6.07) is -1.35. The number of imidazole rings is 1. The van der Waals surface area contributed by atoms with E-state index >= 15 is 0 Å². The first-order valence-electron chi connectivity index (χ1n) is 7.88. The smallest absolute Gasteiger partial charge is 0.323 e. The second kappa shape index (κ2) is 7.40. The van der Waals surface area contributed by atoms with Crippen LogP contribution in [0.1, 0.15) is 12.6 Å². The molecular formula is C14H18N6O7. The highest BCUT2D eigenvalue weighted by Gasteiger charge is 2.45. The lowest BCUT2D eigenvalue weighted by atomic mass is 10.1. The van der Waals surface area contributed by atoms with Gasteiger partial charge in [-0.25, -0.2) is 15.0 Å². The molecule has 0 spiro atoms. The lowest BCUT2D eigenvalue weighted by Gasteiger charge is -2.16. The maximum atomic E-state index is 11.7. The maximum absolute atomic E-state index is 11.7. The van der Waals surface area contributed by atoms with E-state index in [1.54, 1.807) is 0 Å². The largest absolute Gasteiger partial charge is 0.481 e. The minimum Gasteiger partial charge on any atom is -0.481 e. The van der Waals surface area contributed by atoms with Crippen LogP contribution in [0, 0.1) is 0 Å². The van der Waals surface area contributed by atoms with Gasteiger partial charge in [-0.3, -0.25) is 14.2 Å². The van der Waals surface area contributed by atoms with Gasteiger partial charge in [0.1, 0.15) is 42.8 Å². The Morgan fingerprint density at radius 1 is 1.30 bits per heavy atom. The van der Waals surface area contributed by atoms with Crippen molar-refractivity contribution < 1.29 is 34.4 Å². The normalized spacial score (nSPS) is 26.2. The Balaban J connectivity index is 1.69. The highest BCUT2D eigenvalue weighted by Crippen LogP contribution is 2.32. The van der Waals surface area contributed by atoms with E-state index in [0.717, 1.165) is 0 Å². The van der Waals surface area contributed by atoms with Crippen molar-refractivity contribution in [3.63, 3.8) is 0 Å². The second-order valence-corrected chi connectivity index (χ2v) is 5.96. The summed E-state index contributed by atoms with van der Waals surface area (Å²) < 4.78 is 11.8. The van der Waals surface area contributed by atoms with Crippen LogP contribution in [0.15, 0.2) is 12.7 Å². The maximum Gasteiger partial charge on any atom is 0.323 e. The molecule has 0 bridgehead atoms. The van der Waals surface area contributed by atoms with Crippen LogP contribution in [0.3, 0.4) is 0 Å². The third kappa shape index (κ3) is 3.66. The number of carboxylic acids is 1. The monoisotopic (exact) mass is 382 g/mol. The van der Waals surface area contributed by atoms with Gasteiger partial charge in [-0.15, -0.1) is 0 Å². The Hall–Kier alpha value is -2.87. The van der Waals surface area contributed by atoms with E-state index in [1.165, 1.54) is 17.2 Å². The fourth-order valence-corrected chi connectivity index (χ4v) is 2.70. The van der Waals surface area contributed by atoms with Crippen molar-refractivity contribution in [2.75, 3.05) is 12.3 Å². The zero-order chi connectivity index (χ0) is 19.7. The summed E-state index contributed by atoms with van der Waals surface area (Å²) in [6.07, 6.45) is -2.92. The number of aliphatic hydroxyl groups excluding tert-OH is 2. The number of carboxylic acid groups (broad SMARTS) is 1. The van der Waals surface area contributed by atoms with Gasteiger partial charge in [0.05, 0.1) is 12.7 Å². The molecule has 0 amide bonds. The second-order valence-electron chi connectivity index (χ2n) is 5.96. The van der Waals surface area contributed by atoms with E-state index in [-0.39, 0.29) is 5.82 Å². The number of anilines is 1. The van der Waals surface area contributed by atoms with Gasteiger partial charge >= 0.3 is 11.9 Å². The molecule has 1 saturated heterocycles. The molecule has 3 heterocycles. The molecule has 27 heavy (non-hydrogen) atoms. The number of carbonyl (C=O) groups is 2. The van der Waals surface area contributed by atoms with Gasteiger partial charge in [0.25, 0.3) is 0 Å². The average molecular weight is 382 g/mol. The number of hydrogen-bond acceptors (Lipinski definition) is 11. The molecule has 3 rings (SSSR count). The molecule has 13 heteroatoms. The fraction of sp³-hybridized carbons (Fsp3) is 0.500. The molecule has 1 fully saturated rings. The number of nitrogens with two attached hydrogens (primary N) is 2. The molecule has 2 aromatic heterocycles. The minimum absolute atomic E-state index is 0.143. The van der Waals surface area contributed by atoms with Crippen molar-refractivity contribution in [1.82, 2.24) is 19.5 Å². The Morgan fingerprint density at radius 3 is 2.74 bits per heavy atom. The number of hydrogen-bond donors (Lipinski definition) is 5. The van der Waals surface area contributed by atoms with Gasteiger partial charge in [0, 0.05) is 0 Å². The Labute approximate surface area is 151 Å². The Morgan fingerprint density at radius 2 is 2.04 bits per heavy atom. The number of ether oxygens (including phenoxy) is 2. The van der Waals surface area contributed by atoms with Crippen LogP contribution in [0.5, 0.6) is 0 Å². The predicted octanol–water partition coefficient (Wildman–Crippen LogP) is -2.63. The molecular weight excluding hydrogens is 364 g/mol. The highest BCUT2D eigenvalue weighted by atomic mass is 16.6. The lowest BCUT2D eigenvalue weighted by Crippen LogP contribution is -2.38. The third-order valence-electron chi connectivity index (χ3n) is 4.09. The molecule has 5 atom stereocenters. The van der Waals surface area contributed by atoms with Crippen molar-refractivity contribution >= 4 is 28.9 Å². The summed E-state index contributed by atoms with van der Waals surface area (Å²) in [5.74, 6) is -2.07. The summed E-state index contributed by atoms with van der Waals surface area (Å²) in [4.78, 5) is 34.2. The number of fused-ring (bicyclic) bond motifs is 1. The quantitative estimate of drug-likeness (QED) is 0.325.